The molecule has 1 saturated heterocycles. The second-order valence-corrected chi connectivity index (χ2v) is 11.4. The SMILES string of the molecule is O=C(NCCNC(=O)c1cccs1)c1ccc(NC(=O)c2ccc(S(=O)(=O)N3CCCCC3)cc2)cc1. The third kappa shape index (κ3) is 6.82. The number of carbonyl (C=O) groups excluding carboxylic acids is 3. The number of hydrogen-bond acceptors (Lipinski definition) is 6. The summed E-state index contributed by atoms with van der Waals surface area (Å²) in [7, 11) is -3.56. The lowest BCUT2D eigenvalue weighted by atomic mass is 10.1. The number of anilines is 1. The molecule has 0 bridgehead atoms. The molecule has 0 saturated carbocycles. The predicted molar refractivity (Wildman–Crippen MR) is 142 cm³/mol. The van der Waals surface area contributed by atoms with Crippen LogP contribution in [-0.2, 0) is 10.0 Å². The molecule has 194 valence electrons. The van der Waals surface area contributed by atoms with E-state index in [-0.39, 0.29) is 29.2 Å². The van der Waals surface area contributed by atoms with Gasteiger partial charge in [-0.3, -0.25) is 14.4 Å². The highest BCUT2D eigenvalue weighted by Gasteiger charge is 2.26. The van der Waals surface area contributed by atoms with Gasteiger partial charge in [-0.25, -0.2) is 8.42 Å². The summed E-state index contributed by atoms with van der Waals surface area (Å²) in [5.74, 6) is -0.864. The minimum absolute atomic E-state index is 0.174. The van der Waals surface area contributed by atoms with Crippen LogP contribution in [0.2, 0.25) is 0 Å². The number of hydrogen-bond donors (Lipinski definition) is 3. The highest BCUT2D eigenvalue weighted by molar-refractivity contribution is 7.89. The van der Waals surface area contributed by atoms with E-state index in [2.05, 4.69) is 16.0 Å². The smallest absolute Gasteiger partial charge is 0.261 e. The third-order valence-electron chi connectivity index (χ3n) is 5.92. The number of amides is 3. The van der Waals surface area contributed by atoms with Gasteiger partial charge in [0, 0.05) is 43.0 Å². The predicted octanol–water partition coefficient (Wildman–Crippen LogP) is 3.33. The van der Waals surface area contributed by atoms with Crippen molar-refractivity contribution in [2.75, 3.05) is 31.5 Å². The molecular weight excluding hydrogens is 512 g/mol. The molecule has 9 nitrogen and oxygen atoms in total. The number of nitrogens with zero attached hydrogens (tertiary/aromatic N) is 1. The number of rotatable bonds is 9. The minimum atomic E-state index is -3.56. The molecule has 3 aromatic rings. The highest BCUT2D eigenvalue weighted by atomic mass is 32.2. The Labute approximate surface area is 219 Å². The monoisotopic (exact) mass is 540 g/mol. The number of thiophene rings is 1. The van der Waals surface area contributed by atoms with E-state index in [0.29, 0.717) is 41.3 Å². The van der Waals surface area contributed by atoms with Gasteiger partial charge in [0.25, 0.3) is 17.7 Å². The van der Waals surface area contributed by atoms with Crippen LogP contribution in [0.4, 0.5) is 5.69 Å². The van der Waals surface area contributed by atoms with Crippen LogP contribution in [-0.4, -0.2) is 56.6 Å². The number of sulfonamides is 1. The van der Waals surface area contributed by atoms with E-state index in [1.54, 1.807) is 36.4 Å². The molecule has 4 rings (SSSR count). The van der Waals surface area contributed by atoms with Gasteiger partial charge in [-0.1, -0.05) is 12.5 Å². The summed E-state index contributed by atoms with van der Waals surface area (Å²) in [6, 6.07) is 15.8. The van der Waals surface area contributed by atoms with Crippen molar-refractivity contribution in [2.45, 2.75) is 24.2 Å². The molecule has 1 aliphatic rings. The van der Waals surface area contributed by atoms with Gasteiger partial charge in [0.05, 0.1) is 9.77 Å². The van der Waals surface area contributed by atoms with Crippen molar-refractivity contribution < 1.29 is 22.8 Å². The van der Waals surface area contributed by atoms with Crippen LogP contribution in [0.25, 0.3) is 0 Å². The number of benzene rings is 2. The molecule has 37 heavy (non-hydrogen) atoms. The van der Waals surface area contributed by atoms with Gasteiger partial charge in [0.15, 0.2) is 0 Å². The van der Waals surface area contributed by atoms with E-state index >= 15 is 0 Å². The molecule has 0 radical (unpaired) electrons. The molecule has 0 atom stereocenters. The fourth-order valence-corrected chi connectivity index (χ4v) is 6.05. The van der Waals surface area contributed by atoms with Crippen molar-refractivity contribution in [3.8, 4) is 0 Å². The zero-order valence-corrected chi connectivity index (χ0v) is 21.7. The first-order chi connectivity index (χ1) is 17.8. The second kappa shape index (κ2) is 12.1. The molecule has 0 spiro atoms. The summed E-state index contributed by atoms with van der Waals surface area (Å²) in [5.41, 5.74) is 1.23. The quantitative estimate of drug-likeness (QED) is 0.359. The Hall–Kier alpha value is -3.54. The summed E-state index contributed by atoms with van der Waals surface area (Å²) >= 11 is 1.35. The van der Waals surface area contributed by atoms with E-state index < -0.39 is 10.0 Å². The lowest BCUT2D eigenvalue weighted by Gasteiger charge is -2.25. The fraction of sp³-hybridized carbons (Fsp3) is 0.269. The van der Waals surface area contributed by atoms with E-state index in [4.69, 9.17) is 0 Å². The topological polar surface area (TPSA) is 125 Å². The van der Waals surface area contributed by atoms with Gasteiger partial charge in [-0.05, 0) is 72.8 Å². The lowest BCUT2D eigenvalue weighted by molar-refractivity contribution is 0.0929. The van der Waals surface area contributed by atoms with Crippen molar-refractivity contribution in [2.24, 2.45) is 0 Å². The summed E-state index contributed by atoms with van der Waals surface area (Å²) in [6.45, 7) is 1.61. The Balaban J connectivity index is 1.26. The molecule has 1 fully saturated rings. The van der Waals surface area contributed by atoms with Crippen molar-refractivity contribution in [1.29, 1.82) is 0 Å². The maximum absolute atomic E-state index is 12.8. The average Bonchev–Trinajstić information content (AvgIpc) is 3.47. The Morgan fingerprint density at radius 3 is 1.97 bits per heavy atom. The van der Waals surface area contributed by atoms with Crippen molar-refractivity contribution in [1.82, 2.24) is 14.9 Å². The molecular formula is C26H28N4O5S2. The minimum Gasteiger partial charge on any atom is -0.350 e. The third-order valence-corrected chi connectivity index (χ3v) is 8.70. The summed E-state index contributed by atoms with van der Waals surface area (Å²) < 4.78 is 27.1. The van der Waals surface area contributed by atoms with Crippen LogP contribution < -0.4 is 16.0 Å². The van der Waals surface area contributed by atoms with E-state index in [9.17, 15) is 22.8 Å². The lowest BCUT2D eigenvalue weighted by Crippen LogP contribution is -2.35. The van der Waals surface area contributed by atoms with Crippen molar-refractivity contribution >= 4 is 44.8 Å². The Morgan fingerprint density at radius 2 is 1.35 bits per heavy atom. The number of carbonyl (C=O) groups is 3. The molecule has 0 unspecified atom stereocenters. The number of nitrogens with one attached hydrogen (secondary N) is 3. The van der Waals surface area contributed by atoms with Crippen LogP contribution in [0.15, 0.2) is 70.9 Å². The van der Waals surface area contributed by atoms with Crippen LogP contribution in [0.1, 0.15) is 49.7 Å². The first-order valence-electron chi connectivity index (χ1n) is 12.0. The van der Waals surface area contributed by atoms with E-state index in [0.717, 1.165) is 19.3 Å². The standard InChI is InChI=1S/C26H28N4O5S2/c31-24(27-14-15-28-26(33)23-5-4-18-36-23)19-6-10-21(11-7-19)29-25(32)20-8-12-22(13-9-20)37(34,35)30-16-2-1-3-17-30/h4-13,18H,1-3,14-17H2,(H,27,31)(H,28,33)(H,29,32). The molecule has 1 aliphatic heterocycles. The first kappa shape index (κ1) is 26.5. The van der Waals surface area contributed by atoms with Gasteiger partial charge < -0.3 is 16.0 Å². The van der Waals surface area contributed by atoms with Gasteiger partial charge in [-0.2, -0.15) is 4.31 Å². The van der Waals surface area contributed by atoms with E-state index in [1.165, 1.54) is 39.9 Å². The molecule has 0 aliphatic carbocycles. The molecule has 3 N–H and O–H groups in total. The van der Waals surface area contributed by atoms with Gasteiger partial charge in [-0.15, -0.1) is 11.3 Å². The van der Waals surface area contributed by atoms with Crippen LogP contribution in [0.5, 0.6) is 0 Å². The van der Waals surface area contributed by atoms with Gasteiger partial charge in [0.2, 0.25) is 10.0 Å². The zero-order valence-electron chi connectivity index (χ0n) is 20.1. The van der Waals surface area contributed by atoms with Crippen LogP contribution in [0.3, 0.4) is 0 Å². The van der Waals surface area contributed by atoms with Crippen LogP contribution >= 0.6 is 11.3 Å². The molecule has 2 heterocycles. The molecule has 11 heteroatoms. The van der Waals surface area contributed by atoms with E-state index in [1.807, 2.05) is 5.38 Å². The second-order valence-electron chi connectivity index (χ2n) is 8.51. The Morgan fingerprint density at radius 1 is 0.757 bits per heavy atom. The van der Waals surface area contributed by atoms with Gasteiger partial charge in [0.1, 0.15) is 0 Å². The molecule has 2 aromatic carbocycles. The summed E-state index contributed by atoms with van der Waals surface area (Å²) in [5, 5.41) is 10.0. The van der Waals surface area contributed by atoms with Crippen molar-refractivity contribution in [3.05, 3.63) is 82.0 Å². The molecule has 1 aromatic heterocycles. The first-order valence-corrected chi connectivity index (χ1v) is 14.3. The summed E-state index contributed by atoms with van der Waals surface area (Å²) in [4.78, 5) is 37.6. The number of piperidine rings is 1. The highest BCUT2D eigenvalue weighted by Crippen LogP contribution is 2.21. The Kier molecular flexibility index (Phi) is 8.70. The zero-order chi connectivity index (χ0) is 26.3. The maximum Gasteiger partial charge on any atom is 0.261 e. The maximum atomic E-state index is 12.8. The molecule has 3 amide bonds. The normalized spacial score (nSPS) is 14.1. The Bertz CT molecular complexity index is 1330. The van der Waals surface area contributed by atoms with Gasteiger partial charge >= 0.3 is 0 Å². The largest absolute Gasteiger partial charge is 0.350 e. The van der Waals surface area contributed by atoms with Crippen LogP contribution in [0, 0.1) is 0 Å². The summed E-state index contributed by atoms with van der Waals surface area (Å²) in [6.07, 6.45) is 2.75. The van der Waals surface area contributed by atoms with Crippen molar-refractivity contribution in [3.63, 3.8) is 0 Å². The average molecular weight is 541 g/mol. The fourth-order valence-electron chi connectivity index (χ4n) is 3.89.